The highest BCUT2D eigenvalue weighted by Gasteiger charge is 2.02. The fraction of sp³-hybridized carbons (Fsp3) is 0.900. The Balaban J connectivity index is 3.18. The first-order chi connectivity index (χ1) is 6.66. The molecule has 0 amide bonds. The maximum Gasteiger partial charge on any atom is 0.305 e. The molecule has 0 rings (SSSR count). The van der Waals surface area contributed by atoms with Crippen molar-refractivity contribution in [1.29, 1.82) is 0 Å². The van der Waals surface area contributed by atoms with Crippen molar-refractivity contribution < 1.29 is 19.0 Å². The average molecular weight is 204 g/mol. The number of rotatable bonds is 8. The molecule has 14 heavy (non-hydrogen) atoms. The quantitative estimate of drug-likeness (QED) is 0.442. The van der Waals surface area contributed by atoms with E-state index in [4.69, 9.17) is 14.2 Å². The van der Waals surface area contributed by atoms with Gasteiger partial charge in [0, 0.05) is 20.1 Å². The van der Waals surface area contributed by atoms with E-state index in [9.17, 15) is 4.79 Å². The number of esters is 1. The molecule has 0 unspecified atom stereocenters. The summed E-state index contributed by atoms with van der Waals surface area (Å²) in [5, 5.41) is 0. The van der Waals surface area contributed by atoms with Crippen molar-refractivity contribution in [3.63, 3.8) is 0 Å². The summed E-state index contributed by atoms with van der Waals surface area (Å²) in [6.45, 7) is 5.29. The lowest BCUT2D eigenvalue weighted by Gasteiger charge is -2.07. The molecule has 84 valence electrons. The summed E-state index contributed by atoms with van der Waals surface area (Å²) in [6, 6.07) is 0. The highest BCUT2D eigenvalue weighted by atomic mass is 16.6. The van der Waals surface area contributed by atoms with Crippen molar-refractivity contribution in [3.05, 3.63) is 0 Å². The van der Waals surface area contributed by atoms with Crippen molar-refractivity contribution in [2.24, 2.45) is 0 Å². The van der Waals surface area contributed by atoms with E-state index in [0.29, 0.717) is 32.7 Å². The summed E-state index contributed by atoms with van der Waals surface area (Å²) < 4.78 is 15.0. The SMILES string of the molecule is COCCCC(=O)OCCOC(C)C. The van der Waals surface area contributed by atoms with Crippen LogP contribution >= 0.6 is 0 Å². The Morgan fingerprint density at radius 3 is 2.50 bits per heavy atom. The van der Waals surface area contributed by atoms with Crippen LogP contribution < -0.4 is 0 Å². The first kappa shape index (κ1) is 13.4. The molecule has 0 aliphatic heterocycles. The second-order valence-corrected chi connectivity index (χ2v) is 3.24. The number of hydrogen-bond donors (Lipinski definition) is 0. The van der Waals surface area contributed by atoms with Gasteiger partial charge >= 0.3 is 5.97 Å². The van der Waals surface area contributed by atoms with Gasteiger partial charge in [0.25, 0.3) is 0 Å². The lowest BCUT2D eigenvalue weighted by atomic mass is 10.3. The van der Waals surface area contributed by atoms with Gasteiger partial charge in [0.1, 0.15) is 6.61 Å². The topological polar surface area (TPSA) is 44.8 Å². The maximum atomic E-state index is 11.0. The molecule has 0 bridgehead atoms. The van der Waals surface area contributed by atoms with Crippen LogP contribution in [0.2, 0.25) is 0 Å². The van der Waals surface area contributed by atoms with E-state index >= 15 is 0 Å². The molecule has 4 nitrogen and oxygen atoms in total. The third-order valence-corrected chi connectivity index (χ3v) is 1.53. The molecule has 0 atom stereocenters. The monoisotopic (exact) mass is 204 g/mol. The molecule has 4 heteroatoms. The van der Waals surface area contributed by atoms with E-state index in [1.807, 2.05) is 13.8 Å². The molecule has 0 aromatic rings. The zero-order chi connectivity index (χ0) is 10.8. The van der Waals surface area contributed by atoms with Crippen LogP contribution in [-0.4, -0.2) is 39.0 Å². The van der Waals surface area contributed by atoms with Gasteiger partial charge in [-0.1, -0.05) is 0 Å². The molecule has 0 saturated carbocycles. The molecular weight excluding hydrogens is 184 g/mol. The van der Waals surface area contributed by atoms with Crippen LogP contribution in [0.5, 0.6) is 0 Å². The molecule has 0 spiro atoms. The molecule has 0 aliphatic carbocycles. The molecule has 0 fully saturated rings. The predicted octanol–water partition coefficient (Wildman–Crippen LogP) is 1.38. The summed E-state index contributed by atoms with van der Waals surface area (Å²) in [5.41, 5.74) is 0. The van der Waals surface area contributed by atoms with Crippen molar-refractivity contribution in [1.82, 2.24) is 0 Å². The third-order valence-electron chi connectivity index (χ3n) is 1.53. The molecule has 0 aromatic carbocycles. The minimum Gasteiger partial charge on any atom is -0.463 e. The number of carbonyl (C=O) groups is 1. The lowest BCUT2D eigenvalue weighted by Crippen LogP contribution is -2.13. The summed E-state index contributed by atoms with van der Waals surface area (Å²) in [5.74, 6) is -0.186. The number of carbonyl (C=O) groups excluding carboxylic acids is 1. The smallest absolute Gasteiger partial charge is 0.305 e. The van der Waals surface area contributed by atoms with Crippen molar-refractivity contribution in [2.75, 3.05) is 26.9 Å². The van der Waals surface area contributed by atoms with Gasteiger partial charge in [-0.15, -0.1) is 0 Å². The molecule has 0 aromatic heterocycles. The van der Waals surface area contributed by atoms with Crippen molar-refractivity contribution in [2.45, 2.75) is 32.8 Å². The van der Waals surface area contributed by atoms with Gasteiger partial charge in [-0.05, 0) is 20.3 Å². The Hall–Kier alpha value is -0.610. The fourth-order valence-corrected chi connectivity index (χ4v) is 0.872. The van der Waals surface area contributed by atoms with Gasteiger partial charge < -0.3 is 14.2 Å². The Kier molecular flexibility index (Phi) is 8.57. The normalized spacial score (nSPS) is 10.6. The first-order valence-corrected chi connectivity index (χ1v) is 4.93. The summed E-state index contributed by atoms with van der Waals surface area (Å²) >= 11 is 0. The molecule has 0 N–H and O–H groups in total. The molecular formula is C10H20O4. The first-order valence-electron chi connectivity index (χ1n) is 4.93. The van der Waals surface area contributed by atoms with E-state index in [2.05, 4.69) is 0 Å². The van der Waals surface area contributed by atoms with Crippen molar-refractivity contribution >= 4 is 5.97 Å². The highest BCUT2D eigenvalue weighted by molar-refractivity contribution is 5.69. The van der Waals surface area contributed by atoms with Gasteiger partial charge in [0.2, 0.25) is 0 Å². The highest BCUT2D eigenvalue weighted by Crippen LogP contribution is 1.94. The fourth-order valence-electron chi connectivity index (χ4n) is 0.872. The van der Waals surface area contributed by atoms with E-state index in [1.54, 1.807) is 7.11 Å². The van der Waals surface area contributed by atoms with Gasteiger partial charge in [-0.2, -0.15) is 0 Å². The zero-order valence-corrected chi connectivity index (χ0v) is 9.25. The Labute approximate surface area is 85.5 Å². The standard InChI is InChI=1S/C10H20O4/c1-9(2)13-7-8-14-10(11)5-4-6-12-3/h9H,4-8H2,1-3H3. The summed E-state index contributed by atoms with van der Waals surface area (Å²) in [7, 11) is 1.61. The molecule has 0 radical (unpaired) electrons. The minimum absolute atomic E-state index is 0.183. The molecule has 0 saturated heterocycles. The van der Waals surface area contributed by atoms with Gasteiger partial charge in [-0.25, -0.2) is 0 Å². The van der Waals surface area contributed by atoms with Gasteiger partial charge in [0.05, 0.1) is 12.7 Å². The zero-order valence-electron chi connectivity index (χ0n) is 9.25. The summed E-state index contributed by atoms with van der Waals surface area (Å²) in [4.78, 5) is 11.0. The second kappa shape index (κ2) is 8.97. The second-order valence-electron chi connectivity index (χ2n) is 3.24. The van der Waals surface area contributed by atoms with Crippen LogP contribution in [0.1, 0.15) is 26.7 Å². The van der Waals surface area contributed by atoms with Crippen molar-refractivity contribution in [3.8, 4) is 0 Å². The lowest BCUT2D eigenvalue weighted by molar-refractivity contribution is -0.146. The van der Waals surface area contributed by atoms with Crippen LogP contribution in [0.15, 0.2) is 0 Å². The van der Waals surface area contributed by atoms with E-state index in [1.165, 1.54) is 0 Å². The molecule has 0 heterocycles. The Bertz CT molecular complexity index is 145. The Morgan fingerprint density at radius 1 is 1.21 bits per heavy atom. The van der Waals surface area contributed by atoms with E-state index in [-0.39, 0.29) is 12.1 Å². The molecule has 0 aliphatic rings. The van der Waals surface area contributed by atoms with Crippen LogP contribution in [-0.2, 0) is 19.0 Å². The predicted molar refractivity (Wildman–Crippen MR) is 53.2 cm³/mol. The van der Waals surface area contributed by atoms with Crippen LogP contribution in [0.25, 0.3) is 0 Å². The van der Waals surface area contributed by atoms with E-state index in [0.717, 1.165) is 0 Å². The third kappa shape index (κ3) is 9.48. The van der Waals surface area contributed by atoms with E-state index < -0.39 is 0 Å². The van der Waals surface area contributed by atoms with Gasteiger partial charge in [0.15, 0.2) is 0 Å². The number of methoxy groups -OCH3 is 1. The number of ether oxygens (including phenoxy) is 3. The Morgan fingerprint density at radius 2 is 1.93 bits per heavy atom. The average Bonchev–Trinajstić information content (AvgIpc) is 2.13. The minimum atomic E-state index is -0.186. The summed E-state index contributed by atoms with van der Waals surface area (Å²) in [6.07, 6.45) is 1.30. The van der Waals surface area contributed by atoms with Crippen LogP contribution in [0.3, 0.4) is 0 Å². The maximum absolute atomic E-state index is 11.0. The van der Waals surface area contributed by atoms with Crippen LogP contribution in [0, 0.1) is 0 Å². The van der Waals surface area contributed by atoms with Crippen LogP contribution in [0.4, 0.5) is 0 Å². The van der Waals surface area contributed by atoms with Gasteiger partial charge in [-0.3, -0.25) is 4.79 Å². The largest absolute Gasteiger partial charge is 0.463 e. The number of hydrogen-bond acceptors (Lipinski definition) is 4.